The first-order valence-electron chi connectivity index (χ1n) is 8.55. The molecule has 8 nitrogen and oxygen atoms in total. The molecular formula is C17H20N6O2. The van der Waals surface area contributed by atoms with Gasteiger partial charge in [-0.05, 0) is 66.7 Å². The Morgan fingerprint density at radius 3 is 2.56 bits per heavy atom. The van der Waals surface area contributed by atoms with Crippen LogP contribution < -0.4 is 9.47 Å². The molecule has 1 fully saturated rings. The number of hydrogen-bond donors (Lipinski definition) is 0. The summed E-state index contributed by atoms with van der Waals surface area (Å²) in [7, 11) is 0. The first kappa shape index (κ1) is 15.8. The molecule has 0 bridgehead atoms. The number of likely N-dealkylation sites (tertiary alicyclic amines) is 1. The molecule has 0 unspecified atom stereocenters. The van der Waals surface area contributed by atoms with Gasteiger partial charge in [0.25, 0.3) is 0 Å². The highest BCUT2D eigenvalue weighted by Gasteiger charge is 2.09. The Morgan fingerprint density at radius 2 is 1.72 bits per heavy atom. The summed E-state index contributed by atoms with van der Waals surface area (Å²) >= 11 is 0. The van der Waals surface area contributed by atoms with Crippen LogP contribution in [0.15, 0.2) is 36.4 Å². The van der Waals surface area contributed by atoms with Crippen molar-refractivity contribution in [2.24, 2.45) is 0 Å². The van der Waals surface area contributed by atoms with E-state index in [2.05, 4.69) is 25.5 Å². The van der Waals surface area contributed by atoms with Crippen molar-refractivity contribution in [2.75, 3.05) is 26.2 Å². The Morgan fingerprint density at radius 1 is 0.920 bits per heavy atom. The lowest BCUT2D eigenvalue weighted by Crippen LogP contribution is -2.33. The van der Waals surface area contributed by atoms with Crippen LogP contribution in [0.5, 0.6) is 17.4 Å². The van der Waals surface area contributed by atoms with Crippen molar-refractivity contribution in [1.29, 1.82) is 0 Å². The monoisotopic (exact) mass is 340 g/mol. The van der Waals surface area contributed by atoms with Crippen molar-refractivity contribution in [1.82, 2.24) is 30.2 Å². The Kier molecular flexibility index (Phi) is 4.69. The molecule has 0 N–H and O–H groups in total. The molecule has 8 heteroatoms. The molecule has 0 radical (unpaired) electrons. The lowest BCUT2D eigenvalue weighted by molar-refractivity contribution is 0.183. The van der Waals surface area contributed by atoms with Gasteiger partial charge in [0.15, 0.2) is 5.65 Å². The van der Waals surface area contributed by atoms with Crippen LogP contribution in [0.25, 0.3) is 5.65 Å². The number of fused-ring (bicyclic) bond motifs is 1. The van der Waals surface area contributed by atoms with Crippen molar-refractivity contribution in [3.8, 4) is 17.4 Å². The van der Waals surface area contributed by atoms with Crippen LogP contribution in [0.1, 0.15) is 19.3 Å². The predicted octanol–water partition coefficient (Wildman–Crippen LogP) is 2.18. The highest BCUT2D eigenvalue weighted by Crippen LogP contribution is 2.22. The highest BCUT2D eigenvalue weighted by atomic mass is 16.5. The quantitative estimate of drug-likeness (QED) is 0.680. The summed E-state index contributed by atoms with van der Waals surface area (Å²) in [6, 6.07) is 11.0. The van der Waals surface area contributed by atoms with Gasteiger partial charge >= 0.3 is 0 Å². The molecule has 2 aromatic heterocycles. The van der Waals surface area contributed by atoms with Crippen molar-refractivity contribution in [3.05, 3.63) is 36.4 Å². The summed E-state index contributed by atoms with van der Waals surface area (Å²) in [5.74, 6) is 1.95. The summed E-state index contributed by atoms with van der Waals surface area (Å²) in [5.41, 5.74) is 0.574. The third kappa shape index (κ3) is 4.03. The lowest BCUT2D eigenvalue weighted by Gasteiger charge is -2.26. The maximum absolute atomic E-state index is 5.82. The SMILES string of the molecule is c1cc(Oc2ccc3nnnn3n2)ccc1OCCN1CCCCC1. The summed E-state index contributed by atoms with van der Waals surface area (Å²) in [6.07, 6.45) is 3.96. The third-order valence-corrected chi connectivity index (χ3v) is 4.22. The molecule has 0 aliphatic carbocycles. The van der Waals surface area contributed by atoms with Crippen LogP contribution in [0.4, 0.5) is 0 Å². The smallest absolute Gasteiger partial charge is 0.239 e. The number of benzene rings is 1. The normalized spacial score (nSPS) is 15.4. The fourth-order valence-corrected chi connectivity index (χ4v) is 2.89. The minimum atomic E-state index is 0.429. The topological polar surface area (TPSA) is 77.7 Å². The molecule has 25 heavy (non-hydrogen) atoms. The number of tetrazole rings is 1. The zero-order valence-electron chi connectivity index (χ0n) is 13.9. The van der Waals surface area contributed by atoms with Gasteiger partial charge in [0.05, 0.1) is 0 Å². The van der Waals surface area contributed by atoms with Crippen molar-refractivity contribution >= 4 is 5.65 Å². The Balaban J connectivity index is 1.30. The first-order chi connectivity index (χ1) is 12.4. The number of piperidine rings is 1. The van der Waals surface area contributed by atoms with Gasteiger partial charge in [0.1, 0.15) is 18.1 Å². The van der Waals surface area contributed by atoms with Crippen molar-refractivity contribution in [3.63, 3.8) is 0 Å². The molecule has 0 spiro atoms. The second kappa shape index (κ2) is 7.43. The Bertz CT molecular complexity index is 813. The van der Waals surface area contributed by atoms with Gasteiger partial charge in [0, 0.05) is 12.6 Å². The van der Waals surface area contributed by atoms with E-state index in [1.54, 1.807) is 12.1 Å². The van der Waals surface area contributed by atoms with E-state index in [0.717, 1.165) is 12.3 Å². The number of nitrogens with zero attached hydrogens (tertiary/aromatic N) is 6. The van der Waals surface area contributed by atoms with E-state index in [1.807, 2.05) is 24.3 Å². The first-order valence-corrected chi connectivity index (χ1v) is 8.55. The minimum Gasteiger partial charge on any atom is -0.492 e. The van der Waals surface area contributed by atoms with Gasteiger partial charge in [0.2, 0.25) is 5.88 Å². The van der Waals surface area contributed by atoms with Gasteiger partial charge in [-0.25, -0.2) is 0 Å². The Labute approximate surface area is 145 Å². The van der Waals surface area contributed by atoms with Crippen LogP contribution in [-0.4, -0.2) is 56.4 Å². The lowest BCUT2D eigenvalue weighted by atomic mass is 10.1. The van der Waals surface area contributed by atoms with E-state index in [0.29, 0.717) is 23.9 Å². The van der Waals surface area contributed by atoms with Crippen molar-refractivity contribution in [2.45, 2.75) is 19.3 Å². The van der Waals surface area contributed by atoms with E-state index < -0.39 is 0 Å². The number of rotatable bonds is 6. The molecule has 4 rings (SSSR count). The molecule has 0 atom stereocenters. The molecule has 1 aliphatic rings. The Hall–Kier alpha value is -2.74. The molecule has 130 valence electrons. The average molecular weight is 340 g/mol. The maximum Gasteiger partial charge on any atom is 0.239 e. The van der Waals surface area contributed by atoms with Crippen LogP contribution in [-0.2, 0) is 0 Å². The molecule has 1 aliphatic heterocycles. The van der Waals surface area contributed by atoms with E-state index in [4.69, 9.17) is 9.47 Å². The van der Waals surface area contributed by atoms with Crippen LogP contribution in [0, 0.1) is 0 Å². The summed E-state index contributed by atoms with van der Waals surface area (Å²) in [5, 5.41) is 15.3. The average Bonchev–Trinajstić information content (AvgIpc) is 3.12. The van der Waals surface area contributed by atoms with E-state index in [1.165, 1.54) is 37.0 Å². The third-order valence-electron chi connectivity index (χ3n) is 4.22. The van der Waals surface area contributed by atoms with Crippen LogP contribution in [0.3, 0.4) is 0 Å². The molecule has 0 amide bonds. The maximum atomic E-state index is 5.82. The van der Waals surface area contributed by atoms with E-state index in [9.17, 15) is 0 Å². The van der Waals surface area contributed by atoms with E-state index >= 15 is 0 Å². The number of ether oxygens (including phenoxy) is 2. The van der Waals surface area contributed by atoms with E-state index in [-0.39, 0.29) is 0 Å². The fraction of sp³-hybridized carbons (Fsp3) is 0.412. The zero-order valence-corrected chi connectivity index (χ0v) is 13.9. The second-order valence-electron chi connectivity index (χ2n) is 6.02. The predicted molar refractivity (Wildman–Crippen MR) is 90.9 cm³/mol. The van der Waals surface area contributed by atoms with Gasteiger partial charge in [-0.2, -0.15) is 0 Å². The fourth-order valence-electron chi connectivity index (χ4n) is 2.89. The minimum absolute atomic E-state index is 0.429. The molecule has 1 saturated heterocycles. The molecular weight excluding hydrogens is 320 g/mol. The summed E-state index contributed by atoms with van der Waals surface area (Å²) < 4.78 is 12.9. The zero-order chi connectivity index (χ0) is 16.9. The second-order valence-corrected chi connectivity index (χ2v) is 6.02. The van der Waals surface area contributed by atoms with Crippen molar-refractivity contribution < 1.29 is 9.47 Å². The van der Waals surface area contributed by atoms with Crippen LogP contribution >= 0.6 is 0 Å². The molecule has 0 saturated carbocycles. The summed E-state index contributed by atoms with van der Waals surface area (Å²) in [4.78, 5) is 2.46. The number of hydrogen-bond acceptors (Lipinski definition) is 7. The molecule has 3 heterocycles. The standard InChI is InChI=1S/C17H20N6O2/c1-2-10-22(11-3-1)12-13-24-14-4-6-15(7-5-14)25-17-9-8-16-18-20-21-23(16)19-17/h4-9H,1-3,10-13H2. The molecule has 1 aromatic carbocycles. The van der Waals surface area contributed by atoms with Gasteiger partial charge in [-0.15, -0.1) is 14.8 Å². The summed E-state index contributed by atoms with van der Waals surface area (Å²) in [6.45, 7) is 4.06. The molecule has 3 aromatic rings. The number of aromatic nitrogens is 5. The van der Waals surface area contributed by atoms with Crippen LogP contribution in [0.2, 0.25) is 0 Å². The van der Waals surface area contributed by atoms with Gasteiger partial charge < -0.3 is 9.47 Å². The van der Waals surface area contributed by atoms with Gasteiger partial charge in [-0.3, -0.25) is 4.90 Å². The highest BCUT2D eigenvalue weighted by molar-refractivity contribution is 5.37. The largest absolute Gasteiger partial charge is 0.492 e. The van der Waals surface area contributed by atoms with Gasteiger partial charge in [-0.1, -0.05) is 6.42 Å².